The van der Waals surface area contributed by atoms with Crippen LogP contribution in [0.15, 0.2) is 42.7 Å². The summed E-state index contributed by atoms with van der Waals surface area (Å²) in [5, 5.41) is 0. The number of benzene rings is 2. The van der Waals surface area contributed by atoms with Crippen LogP contribution in [0.5, 0.6) is 5.75 Å². The van der Waals surface area contributed by atoms with E-state index in [1.807, 2.05) is 0 Å². The van der Waals surface area contributed by atoms with Crippen molar-refractivity contribution in [2.45, 2.75) is 38.0 Å². The fraction of sp³-hybridized carbons (Fsp3) is 0.348. The third-order valence-electron chi connectivity index (χ3n) is 5.66. The molecule has 2 aromatic carbocycles. The van der Waals surface area contributed by atoms with Crippen LogP contribution in [0.2, 0.25) is 0 Å². The number of aromatic nitrogens is 2. The van der Waals surface area contributed by atoms with Crippen LogP contribution in [0.1, 0.15) is 58.1 Å². The molecule has 4 rings (SSSR count). The van der Waals surface area contributed by atoms with E-state index >= 15 is 0 Å². The normalized spacial score (nSPS) is 15.1. The Morgan fingerprint density at radius 1 is 1.06 bits per heavy atom. The van der Waals surface area contributed by atoms with E-state index in [1.54, 1.807) is 47.3 Å². The monoisotopic (exact) mass is 423 g/mol. The number of carbonyl (C=O) groups excluding carboxylic acids is 2. The number of nitrogens with two attached hydrogens (primary N) is 1. The SMILES string of the molecule is COC(=O)c1ccc(C(N)n2cnc3ccc(C(=O)OC4CCCC4)cc32)c(OC)c1. The predicted molar refractivity (Wildman–Crippen MR) is 114 cm³/mol. The Bertz CT molecular complexity index is 1120. The number of imidazole rings is 1. The Hall–Kier alpha value is -3.39. The van der Waals surface area contributed by atoms with E-state index in [0.29, 0.717) is 33.5 Å². The Balaban J connectivity index is 1.66. The largest absolute Gasteiger partial charge is 0.496 e. The molecule has 1 aliphatic carbocycles. The number of hydrogen-bond donors (Lipinski definition) is 1. The van der Waals surface area contributed by atoms with Crippen molar-refractivity contribution in [3.8, 4) is 5.75 Å². The molecular formula is C23H25N3O5. The highest BCUT2D eigenvalue weighted by molar-refractivity contribution is 5.94. The molecule has 3 aromatic rings. The zero-order valence-electron chi connectivity index (χ0n) is 17.5. The van der Waals surface area contributed by atoms with Crippen LogP contribution in [0.4, 0.5) is 0 Å². The molecule has 1 atom stereocenters. The number of rotatable bonds is 6. The van der Waals surface area contributed by atoms with Crippen molar-refractivity contribution in [2.24, 2.45) is 5.73 Å². The molecule has 1 aliphatic rings. The van der Waals surface area contributed by atoms with Gasteiger partial charge in [0.2, 0.25) is 0 Å². The number of carbonyl (C=O) groups is 2. The van der Waals surface area contributed by atoms with E-state index in [0.717, 1.165) is 25.7 Å². The summed E-state index contributed by atoms with van der Waals surface area (Å²) < 4.78 is 17.6. The second kappa shape index (κ2) is 8.77. The highest BCUT2D eigenvalue weighted by Crippen LogP contribution is 2.29. The second-order valence-electron chi connectivity index (χ2n) is 7.56. The molecule has 1 saturated carbocycles. The maximum atomic E-state index is 12.6. The molecule has 0 radical (unpaired) electrons. The summed E-state index contributed by atoms with van der Waals surface area (Å²) in [5.41, 5.74) is 9.42. The Morgan fingerprint density at radius 3 is 2.48 bits per heavy atom. The first kappa shape index (κ1) is 20.9. The van der Waals surface area contributed by atoms with E-state index in [-0.39, 0.29) is 12.1 Å². The zero-order chi connectivity index (χ0) is 22.0. The lowest BCUT2D eigenvalue weighted by Crippen LogP contribution is -2.20. The smallest absolute Gasteiger partial charge is 0.338 e. The maximum absolute atomic E-state index is 12.6. The van der Waals surface area contributed by atoms with E-state index in [9.17, 15) is 9.59 Å². The van der Waals surface area contributed by atoms with Crippen LogP contribution in [0.25, 0.3) is 11.0 Å². The average Bonchev–Trinajstić information content (AvgIpc) is 3.46. The van der Waals surface area contributed by atoms with Crippen molar-refractivity contribution < 1.29 is 23.8 Å². The molecular weight excluding hydrogens is 398 g/mol. The molecule has 8 heteroatoms. The molecule has 1 fully saturated rings. The third-order valence-corrected chi connectivity index (χ3v) is 5.66. The number of methoxy groups -OCH3 is 2. The minimum absolute atomic E-state index is 0.00653. The quantitative estimate of drug-likeness (QED) is 0.606. The van der Waals surface area contributed by atoms with Gasteiger partial charge in [-0.05, 0) is 56.0 Å². The van der Waals surface area contributed by atoms with Crippen LogP contribution < -0.4 is 10.5 Å². The standard InChI is InChI=1S/C23H25N3O5/c1-29-20-12-15(22(27)30-2)7-9-17(20)21(24)26-13-25-18-10-8-14(11-19(18)26)23(28)31-16-5-3-4-6-16/h7-13,16,21H,3-6,24H2,1-2H3. The highest BCUT2D eigenvalue weighted by Gasteiger charge is 2.22. The minimum atomic E-state index is -0.646. The average molecular weight is 423 g/mol. The van der Waals surface area contributed by atoms with E-state index in [2.05, 4.69) is 4.98 Å². The second-order valence-corrected chi connectivity index (χ2v) is 7.56. The first-order chi connectivity index (χ1) is 15.0. The van der Waals surface area contributed by atoms with Gasteiger partial charge in [0.1, 0.15) is 18.0 Å². The topological polar surface area (TPSA) is 106 Å². The molecule has 0 amide bonds. The lowest BCUT2D eigenvalue weighted by Gasteiger charge is -2.19. The zero-order valence-corrected chi connectivity index (χ0v) is 17.5. The van der Waals surface area contributed by atoms with Crippen LogP contribution in [-0.2, 0) is 9.47 Å². The number of hydrogen-bond acceptors (Lipinski definition) is 7. The first-order valence-electron chi connectivity index (χ1n) is 10.2. The molecule has 0 aliphatic heterocycles. The molecule has 1 unspecified atom stereocenters. The molecule has 0 spiro atoms. The van der Waals surface area contributed by atoms with Crippen molar-refractivity contribution in [1.29, 1.82) is 0 Å². The van der Waals surface area contributed by atoms with Gasteiger partial charge in [-0.2, -0.15) is 0 Å². The van der Waals surface area contributed by atoms with Crippen LogP contribution in [0.3, 0.4) is 0 Å². The molecule has 162 valence electrons. The van der Waals surface area contributed by atoms with Crippen LogP contribution in [-0.4, -0.2) is 41.8 Å². The highest BCUT2D eigenvalue weighted by atomic mass is 16.5. The fourth-order valence-corrected chi connectivity index (χ4v) is 3.95. The maximum Gasteiger partial charge on any atom is 0.338 e. The van der Waals surface area contributed by atoms with E-state index in [4.69, 9.17) is 19.9 Å². The van der Waals surface area contributed by atoms with Gasteiger partial charge in [-0.15, -0.1) is 0 Å². The summed E-state index contributed by atoms with van der Waals surface area (Å²) in [7, 11) is 2.83. The molecule has 1 aromatic heterocycles. The lowest BCUT2D eigenvalue weighted by atomic mass is 10.1. The summed E-state index contributed by atoms with van der Waals surface area (Å²) in [6.45, 7) is 0. The Kier molecular flexibility index (Phi) is 5.90. The first-order valence-corrected chi connectivity index (χ1v) is 10.2. The summed E-state index contributed by atoms with van der Waals surface area (Å²) in [4.78, 5) is 28.8. The number of esters is 2. The van der Waals surface area contributed by atoms with Crippen molar-refractivity contribution in [2.75, 3.05) is 14.2 Å². The van der Waals surface area contributed by atoms with Crippen molar-refractivity contribution >= 4 is 23.0 Å². The van der Waals surface area contributed by atoms with Gasteiger partial charge in [0.15, 0.2) is 0 Å². The van der Waals surface area contributed by atoms with Gasteiger partial charge >= 0.3 is 11.9 Å². The molecule has 31 heavy (non-hydrogen) atoms. The molecule has 0 bridgehead atoms. The van der Waals surface area contributed by atoms with Gasteiger partial charge in [-0.1, -0.05) is 6.07 Å². The van der Waals surface area contributed by atoms with Gasteiger partial charge in [-0.3, -0.25) is 0 Å². The predicted octanol–water partition coefficient (Wildman–Crippen LogP) is 3.44. The molecule has 8 nitrogen and oxygen atoms in total. The summed E-state index contributed by atoms with van der Waals surface area (Å²) in [6, 6.07) is 10.2. The van der Waals surface area contributed by atoms with Gasteiger partial charge in [0.05, 0.1) is 42.7 Å². The van der Waals surface area contributed by atoms with Crippen molar-refractivity contribution in [3.63, 3.8) is 0 Å². The molecule has 2 N–H and O–H groups in total. The van der Waals surface area contributed by atoms with Gasteiger partial charge in [-0.25, -0.2) is 14.6 Å². The minimum Gasteiger partial charge on any atom is -0.496 e. The summed E-state index contributed by atoms with van der Waals surface area (Å²) in [5.74, 6) is -0.346. The Morgan fingerprint density at radius 2 is 1.77 bits per heavy atom. The fourth-order valence-electron chi connectivity index (χ4n) is 3.95. The summed E-state index contributed by atoms with van der Waals surface area (Å²) >= 11 is 0. The summed E-state index contributed by atoms with van der Waals surface area (Å²) in [6.07, 6.45) is 4.98. The number of fused-ring (bicyclic) bond motifs is 1. The van der Waals surface area contributed by atoms with Gasteiger partial charge < -0.3 is 24.5 Å². The lowest BCUT2D eigenvalue weighted by molar-refractivity contribution is 0.0317. The van der Waals surface area contributed by atoms with Crippen LogP contribution in [0, 0.1) is 0 Å². The van der Waals surface area contributed by atoms with Gasteiger partial charge in [0.25, 0.3) is 0 Å². The van der Waals surface area contributed by atoms with Gasteiger partial charge in [0, 0.05) is 5.56 Å². The number of ether oxygens (including phenoxy) is 3. The van der Waals surface area contributed by atoms with Crippen molar-refractivity contribution in [1.82, 2.24) is 9.55 Å². The van der Waals surface area contributed by atoms with Crippen LogP contribution >= 0.6 is 0 Å². The van der Waals surface area contributed by atoms with E-state index < -0.39 is 12.1 Å². The Labute approximate surface area is 179 Å². The van der Waals surface area contributed by atoms with Crippen molar-refractivity contribution in [3.05, 3.63) is 59.4 Å². The molecule has 0 saturated heterocycles. The molecule has 1 heterocycles. The third kappa shape index (κ3) is 4.11. The van der Waals surface area contributed by atoms with E-state index in [1.165, 1.54) is 14.2 Å². The number of nitrogens with zero attached hydrogens (tertiary/aromatic N) is 2.